The minimum Gasteiger partial charge on any atom is -1.00 e. The molecule has 0 bridgehead atoms. The van der Waals surface area contributed by atoms with Gasteiger partial charge in [0.25, 0.3) is 0 Å². The van der Waals surface area contributed by atoms with Crippen molar-refractivity contribution in [3.05, 3.63) is 23.8 Å². The summed E-state index contributed by atoms with van der Waals surface area (Å²) in [5, 5.41) is 0. The van der Waals surface area contributed by atoms with Gasteiger partial charge in [-0.25, -0.2) is 0 Å². The SMILES string of the molecule is C#CC[N+]1=C(C)C(C)(C)c2cc(OC)ccc21.[Br-]. The van der Waals surface area contributed by atoms with E-state index in [0.717, 1.165) is 5.75 Å². The number of fused-ring (bicyclic) bond motifs is 1. The van der Waals surface area contributed by atoms with Crippen molar-refractivity contribution in [3.63, 3.8) is 0 Å². The van der Waals surface area contributed by atoms with Gasteiger partial charge in [0.05, 0.1) is 12.5 Å². The molecule has 0 atom stereocenters. The molecule has 0 fully saturated rings. The molecule has 1 aromatic rings. The van der Waals surface area contributed by atoms with Gasteiger partial charge in [-0.15, -0.1) is 6.42 Å². The number of methoxy groups -OCH3 is 1. The van der Waals surface area contributed by atoms with Crippen molar-refractivity contribution >= 4 is 11.4 Å². The van der Waals surface area contributed by atoms with Gasteiger partial charge in [0, 0.05) is 18.6 Å². The molecule has 0 spiro atoms. The summed E-state index contributed by atoms with van der Waals surface area (Å²) >= 11 is 0. The van der Waals surface area contributed by atoms with E-state index in [0.29, 0.717) is 6.54 Å². The Balaban J connectivity index is 0.00000162. The Morgan fingerprint density at radius 1 is 1.39 bits per heavy atom. The fourth-order valence-electron chi connectivity index (χ4n) is 2.39. The molecule has 2 rings (SSSR count). The highest BCUT2D eigenvalue weighted by atomic mass is 79.9. The van der Waals surface area contributed by atoms with Crippen LogP contribution in [0.3, 0.4) is 0 Å². The first-order chi connectivity index (χ1) is 8.02. The second kappa shape index (κ2) is 5.16. The van der Waals surface area contributed by atoms with Gasteiger partial charge in [0.1, 0.15) is 5.75 Å². The van der Waals surface area contributed by atoms with E-state index in [1.807, 2.05) is 6.07 Å². The molecule has 1 aliphatic rings. The van der Waals surface area contributed by atoms with Crippen LogP contribution in [0.25, 0.3) is 0 Å². The largest absolute Gasteiger partial charge is 1.00 e. The molecule has 0 aromatic heterocycles. The van der Waals surface area contributed by atoms with Crippen LogP contribution in [-0.2, 0) is 5.41 Å². The monoisotopic (exact) mass is 307 g/mol. The minimum absolute atomic E-state index is 0. The highest BCUT2D eigenvalue weighted by Crippen LogP contribution is 2.40. The highest BCUT2D eigenvalue weighted by molar-refractivity contribution is 5.93. The molecular weight excluding hydrogens is 290 g/mol. The van der Waals surface area contributed by atoms with E-state index in [9.17, 15) is 0 Å². The maximum absolute atomic E-state index is 5.44. The average Bonchev–Trinajstić information content (AvgIpc) is 2.51. The lowest BCUT2D eigenvalue weighted by Crippen LogP contribution is -3.00. The third-order valence-electron chi connectivity index (χ3n) is 3.73. The van der Waals surface area contributed by atoms with E-state index in [2.05, 4.69) is 43.4 Å². The molecule has 1 heterocycles. The molecule has 3 heteroatoms. The Morgan fingerprint density at radius 2 is 2.06 bits per heavy atom. The molecule has 0 unspecified atom stereocenters. The number of benzene rings is 1. The average molecular weight is 308 g/mol. The van der Waals surface area contributed by atoms with Crippen molar-refractivity contribution in [2.24, 2.45) is 0 Å². The molecule has 0 amide bonds. The fourth-order valence-corrected chi connectivity index (χ4v) is 2.39. The lowest BCUT2D eigenvalue weighted by Gasteiger charge is -2.15. The van der Waals surface area contributed by atoms with Crippen LogP contribution in [0.4, 0.5) is 5.69 Å². The summed E-state index contributed by atoms with van der Waals surface area (Å²) in [5.41, 5.74) is 3.79. The van der Waals surface area contributed by atoms with Crippen LogP contribution < -0.4 is 21.7 Å². The van der Waals surface area contributed by atoms with Crippen LogP contribution in [0.5, 0.6) is 5.75 Å². The van der Waals surface area contributed by atoms with Gasteiger partial charge in [-0.3, -0.25) is 0 Å². The van der Waals surface area contributed by atoms with Crippen LogP contribution in [0, 0.1) is 12.3 Å². The number of rotatable bonds is 2. The molecule has 0 aliphatic carbocycles. The standard InChI is InChI=1S/C15H18NO.BrH/c1-6-9-16-11(2)15(3,4)13-10-12(17-5)7-8-14(13)16;/h1,7-8,10H,9H2,2-5H3;1H/q+1;/p-1. The molecule has 0 N–H and O–H groups in total. The van der Waals surface area contributed by atoms with Gasteiger partial charge in [-0.05, 0) is 31.9 Å². The number of nitrogens with zero attached hydrogens (tertiary/aromatic N) is 1. The summed E-state index contributed by atoms with van der Waals surface area (Å²) in [7, 11) is 1.69. The van der Waals surface area contributed by atoms with Gasteiger partial charge in [-0.2, -0.15) is 4.58 Å². The van der Waals surface area contributed by atoms with Crippen LogP contribution in [0.1, 0.15) is 26.3 Å². The zero-order chi connectivity index (χ0) is 12.6. The van der Waals surface area contributed by atoms with Gasteiger partial charge >= 0.3 is 0 Å². The third kappa shape index (κ3) is 2.06. The Kier molecular flexibility index (Phi) is 4.24. The van der Waals surface area contributed by atoms with Crippen molar-refractivity contribution in [3.8, 4) is 18.1 Å². The zero-order valence-electron chi connectivity index (χ0n) is 11.2. The van der Waals surface area contributed by atoms with Crippen molar-refractivity contribution in [1.82, 2.24) is 0 Å². The van der Waals surface area contributed by atoms with Crippen LogP contribution in [0.2, 0.25) is 0 Å². The summed E-state index contributed by atoms with van der Waals surface area (Å²) in [6, 6.07) is 6.18. The van der Waals surface area contributed by atoms with Gasteiger partial charge in [0.15, 0.2) is 5.71 Å². The van der Waals surface area contributed by atoms with E-state index >= 15 is 0 Å². The van der Waals surface area contributed by atoms with E-state index in [-0.39, 0.29) is 22.4 Å². The Morgan fingerprint density at radius 3 is 2.61 bits per heavy atom. The first kappa shape index (κ1) is 14.8. The van der Waals surface area contributed by atoms with Gasteiger partial charge < -0.3 is 21.7 Å². The maximum Gasteiger partial charge on any atom is 0.210 e. The van der Waals surface area contributed by atoms with E-state index in [1.54, 1.807) is 7.11 Å². The molecule has 0 radical (unpaired) electrons. The van der Waals surface area contributed by atoms with E-state index in [4.69, 9.17) is 11.2 Å². The Labute approximate surface area is 119 Å². The number of ether oxygens (including phenoxy) is 1. The molecule has 1 aliphatic heterocycles. The second-order valence-corrected chi connectivity index (χ2v) is 4.88. The summed E-state index contributed by atoms with van der Waals surface area (Å²) in [6.45, 7) is 7.20. The first-order valence-electron chi connectivity index (χ1n) is 5.76. The molecular formula is C15H18BrNO. The predicted molar refractivity (Wildman–Crippen MR) is 70.3 cm³/mol. The number of hydrogen-bond donors (Lipinski definition) is 0. The summed E-state index contributed by atoms with van der Waals surface area (Å²) in [6.07, 6.45) is 5.44. The van der Waals surface area contributed by atoms with Crippen LogP contribution >= 0.6 is 0 Å². The summed E-state index contributed by atoms with van der Waals surface area (Å²) < 4.78 is 7.50. The first-order valence-corrected chi connectivity index (χ1v) is 5.76. The molecule has 0 saturated heterocycles. The van der Waals surface area contributed by atoms with Gasteiger partial charge in [-0.1, -0.05) is 0 Å². The van der Waals surface area contributed by atoms with Crippen molar-refractivity contribution in [2.45, 2.75) is 26.2 Å². The smallest absolute Gasteiger partial charge is 0.210 e. The molecule has 2 nitrogen and oxygen atoms in total. The van der Waals surface area contributed by atoms with Crippen LogP contribution in [-0.4, -0.2) is 23.9 Å². The van der Waals surface area contributed by atoms with Crippen molar-refractivity contribution in [2.75, 3.05) is 13.7 Å². The topological polar surface area (TPSA) is 12.2 Å². The number of hydrogen-bond acceptors (Lipinski definition) is 1. The molecule has 1 aromatic carbocycles. The molecule has 0 saturated carbocycles. The summed E-state index contributed by atoms with van der Waals surface area (Å²) in [4.78, 5) is 0. The van der Waals surface area contributed by atoms with Crippen LogP contribution in [0.15, 0.2) is 18.2 Å². The number of terminal acetylenes is 1. The Bertz CT molecular complexity index is 538. The Hall–Kier alpha value is -1.27. The zero-order valence-corrected chi connectivity index (χ0v) is 12.8. The lowest BCUT2D eigenvalue weighted by atomic mass is 9.82. The molecule has 18 heavy (non-hydrogen) atoms. The quantitative estimate of drug-likeness (QED) is 0.541. The third-order valence-corrected chi connectivity index (χ3v) is 3.73. The van der Waals surface area contributed by atoms with Crippen molar-refractivity contribution in [1.29, 1.82) is 0 Å². The maximum atomic E-state index is 5.44. The number of halogens is 1. The summed E-state index contributed by atoms with van der Waals surface area (Å²) in [5.74, 6) is 3.62. The highest BCUT2D eigenvalue weighted by Gasteiger charge is 2.42. The lowest BCUT2D eigenvalue weighted by molar-refractivity contribution is -0.424. The second-order valence-electron chi connectivity index (χ2n) is 4.88. The van der Waals surface area contributed by atoms with Crippen molar-refractivity contribution < 1.29 is 26.3 Å². The van der Waals surface area contributed by atoms with Gasteiger partial charge in [0.2, 0.25) is 12.2 Å². The normalized spacial score (nSPS) is 15.7. The fraction of sp³-hybridized carbons (Fsp3) is 0.400. The van der Waals surface area contributed by atoms with E-state index < -0.39 is 0 Å². The van der Waals surface area contributed by atoms with E-state index in [1.165, 1.54) is 17.0 Å². The molecule has 96 valence electrons. The minimum atomic E-state index is 0. The predicted octanol–water partition coefficient (Wildman–Crippen LogP) is -0.271.